The van der Waals surface area contributed by atoms with Crippen molar-refractivity contribution in [3.8, 4) is 33.4 Å². The summed E-state index contributed by atoms with van der Waals surface area (Å²) in [6.07, 6.45) is 0. The number of rotatable bonds is 5. The quantitative estimate of drug-likeness (QED) is 0.208. The summed E-state index contributed by atoms with van der Waals surface area (Å²) >= 11 is 0. The Bertz CT molecular complexity index is 2430. The standard InChI is InChI=1S/C45H34N2/c1-45(2)40-19-11-9-18-36(40)37-24-22-34(29-41(37)45)47(44-20-12-10-17-35(44)31-15-7-4-8-16-31)33-23-26-43-39(28-33)38-27-32(21-25-42(38)46-43)30-13-5-3-6-14-30/h3-29,46H,1-2H3. The molecule has 0 atom stereocenters. The van der Waals surface area contributed by atoms with E-state index in [-0.39, 0.29) is 5.41 Å². The number of nitrogens with one attached hydrogen (secondary N) is 1. The normalized spacial score (nSPS) is 13.1. The Balaban J connectivity index is 1.27. The Hall–Kier alpha value is -5.86. The molecule has 1 N–H and O–H groups in total. The molecule has 0 unspecified atom stereocenters. The minimum atomic E-state index is -0.0960. The third kappa shape index (κ3) is 4.40. The van der Waals surface area contributed by atoms with Crippen LogP contribution in [0.4, 0.5) is 17.1 Å². The Labute approximate surface area is 275 Å². The van der Waals surface area contributed by atoms with Gasteiger partial charge in [-0.05, 0) is 87.5 Å². The van der Waals surface area contributed by atoms with Crippen molar-refractivity contribution >= 4 is 38.9 Å². The number of aromatic amines is 1. The van der Waals surface area contributed by atoms with Gasteiger partial charge in [-0.1, -0.05) is 129 Å². The zero-order valence-electron chi connectivity index (χ0n) is 26.5. The van der Waals surface area contributed by atoms with Gasteiger partial charge in [-0.25, -0.2) is 0 Å². The summed E-state index contributed by atoms with van der Waals surface area (Å²) in [5, 5.41) is 2.44. The molecule has 224 valence electrons. The van der Waals surface area contributed by atoms with Crippen LogP contribution in [0.1, 0.15) is 25.0 Å². The molecule has 9 rings (SSSR count). The fraction of sp³-hybridized carbons (Fsp3) is 0.0667. The van der Waals surface area contributed by atoms with Crippen LogP contribution >= 0.6 is 0 Å². The smallest absolute Gasteiger partial charge is 0.0540 e. The number of fused-ring (bicyclic) bond motifs is 6. The minimum Gasteiger partial charge on any atom is -0.355 e. The first-order valence-corrected chi connectivity index (χ1v) is 16.4. The maximum absolute atomic E-state index is 3.68. The lowest BCUT2D eigenvalue weighted by Gasteiger charge is -2.30. The number of aromatic nitrogens is 1. The number of para-hydroxylation sites is 1. The molecule has 0 fully saturated rings. The van der Waals surface area contributed by atoms with Crippen LogP contribution in [-0.4, -0.2) is 4.98 Å². The van der Waals surface area contributed by atoms with E-state index >= 15 is 0 Å². The van der Waals surface area contributed by atoms with Gasteiger partial charge in [0.15, 0.2) is 0 Å². The lowest BCUT2D eigenvalue weighted by Crippen LogP contribution is -2.16. The van der Waals surface area contributed by atoms with Crippen molar-refractivity contribution in [2.45, 2.75) is 19.3 Å². The molecule has 2 heteroatoms. The van der Waals surface area contributed by atoms with E-state index in [0.717, 1.165) is 28.1 Å². The lowest BCUT2D eigenvalue weighted by atomic mass is 9.82. The highest BCUT2D eigenvalue weighted by Crippen LogP contribution is 2.51. The first-order valence-electron chi connectivity index (χ1n) is 16.4. The summed E-state index contributed by atoms with van der Waals surface area (Å²) in [5.41, 5.74) is 15.9. The van der Waals surface area contributed by atoms with Gasteiger partial charge in [0.1, 0.15) is 0 Å². The van der Waals surface area contributed by atoms with Crippen molar-refractivity contribution in [3.05, 3.63) is 175 Å². The van der Waals surface area contributed by atoms with Crippen LogP contribution in [-0.2, 0) is 5.41 Å². The van der Waals surface area contributed by atoms with Gasteiger partial charge in [-0.15, -0.1) is 0 Å². The van der Waals surface area contributed by atoms with Gasteiger partial charge in [-0.2, -0.15) is 0 Å². The molecule has 1 aromatic heterocycles. The second-order valence-electron chi connectivity index (χ2n) is 13.1. The van der Waals surface area contributed by atoms with Crippen LogP contribution in [0.3, 0.4) is 0 Å². The van der Waals surface area contributed by atoms with Crippen molar-refractivity contribution in [2.24, 2.45) is 0 Å². The summed E-state index contributed by atoms with van der Waals surface area (Å²) in [5.74, 6) is 0. The van der Waals surface area contributed by atoms with Crippen molar-refractivity contribution in [1.82, 2.24) is 4.98 Å². The third-order valence-corrected chi connectivity index (χ3v) is 10.0. The topological polar surface area (TPSA) is 19.0 Å². The third-order valence-electron chi connectivity index (χ3n) is 10.0. The first-order chi connectivity index (χ1) is 23.1. The summed E-state index contributed by atoms with van der Waals surface area (Å²) in [4.78, 5) is 6.12. The van der Waals surface area contributed by atoms with Gasteiger partial charge in [0, 0.05) is 44.2 Å². The van der Waals surface area contributed by atoms with E-state index in [0.29, 0.717) is 0 Å². The number of anilines is 3. The van der Waals surface area contributed by atoms with Crippen LogP contribution in [0.15, 0.2) is 164 Å². The van der Waals surface area contributed by atoms with Crippen LogP contribution in [0.2, 0.25) is 0 Å². The molecule has 8 aromatic rings. The maximum atomic E-state index is 3.68. The highest BCUT2D eigenvalue weighted by atomic mass is 15.1. The Morgan fingerprint density at radius 1 is 0.426 bits per heavy atom. The number of H-pyrrole nitrogens is 1. The average Bonchev–Trinajstić information content (AvgIpc) is 3.60. The Morgan fingerprint density at radius 2 is 1.00 bits per heavy atom. The Kier molecular flexibility index (Phi) is 6.20. The molecule has 0 saturated heterocycles. The zero-order valence-corrected chi connectivity index (χ0v) is 26.5. The second-order valence-corrected chi connectivity index (χ2v) is 13.1. The van der Waals surface area contributed by atoms with E-state index in [1.165, 1.54) is 55.3 Å². The Morgan fingerprint density at radius 3 is 1.79 bits per heavy atom. The SMILES string of the molecule is CC1(C)c2ccccc2-c2ccc(N(c3ccc4[nH]c5ccc(-c6ccccc6)cc5c4c3)c3ccccc3-c3ccccc3)cc21. The second kappa shape index (κ2) is 10.6. The van der Waals surface area contributed by atoms with Crippen LogP contribution in [0.5, 0.6) is 0 Å². The van der Waals surface area contributed by atoms with Crippen molar-refractivity contribution in [1.29, 1.82) is 0 Å². The maximum Gasteiger partial charge on any atom is 0.0540 e. The molecule has 7 aromatic carbocycles. The molecule has 0 saturated carbocycles. The van der Waals surface area contributed by atoms with Gasteiger partial charge < -0.3 is 9.88 Å². The zero-order chi connectivity index (χ0) is 31.5. The molecule has 1 aliphatic carbocycles. The minimum absolute atomic E-state index is 0.0960. The molecular weight excluding hydrogens is 569 g/mol. The number of benzene rings is 7. The largest absolute Gasteiger partial charge is 0.355 e. The molecule has 1 aliphatic rings. The van der Waals surface area contributed by atoms with E-state index in [1.807, 2.05) is 0 Å². The number of nitrogens with zero attached hydrogens (tertiary/aromatic N) is 1. The predicted molar refractivity (Wildman–Crippen MR) is 199 cm³/mol. The molecule has 0 bridgehead atoms. The van der Waals surface area contributed by atoms with Gasteiger partial charge in [0.25, 0.3) is 0 Å². The molecule has 2 nitrogen and oxygen atoms in total. The van der Waals surface area contributed by atoms with Crippen molar-refractivity contribution in [2.75, 3.05) is 4.90 Å². The van der Waals surface area contributed by atoms with Crippen LogP contribution < -0.4 is 4.90 Å². The van der Waals surface area contributed by atoms with Gasteiger partial charge >= 0.3 is 0 Å². The van der Waals surface area contributed by atoms with Crippen molar-refractivity contribution in [3.63, 3.8) is 0 Å². The monoisotopic (exact) mass is 602 g/mol. The summed E-state index contributed by atoms with van der Waals surface area (Å²) in [6, 6.07) is 59.6. The molecule has 0 aliphatic heterocycles. The number of hydrogen-bond acceptors (Lipinski definition) is 1. The fourth-order valence-electron chi connectivity index (χ4n) is 7.62. The summed E-state index contributed by atoms with van der Waals surface area (Å²) < 4.78 is 0. The molecule has 0 radical (unpaired) electrons. The molecule has 0 amide bonds. The molecule has 1 heterocycles. The van der Waals surface area contributed by atoms with Crippen LogP contribution in [0.25, 0.3) is 55.2 Å². The first kappa shape index (κ1) is 27.5. The van der Waals surface area contributed by atoms with Gasteiger partial charge in [-0.3, -0.25) is 0 Å². The highest BCUT2D eigenvalue weighted by Gasteiger charge is 2.35. The summed E-state index contributed by atoms with van der Waals surface area (Å²) in [6.45, 7) is 4.71. The molecule has 47 heavy (non-hydrogen) atoms. The predicted octanol–water partition coefficient (Wildman–Crippen LogP) is 12.4. The van der Waals surface area contributed by atoms with Gasteiger partial charge in [0.2, 0.25) is 0 Å². The highest BCUT2D eigenvalue weighted by molar-refractivity contribution is 6.10. The lowest BCUT2D eigenvalue weighted by molar-refractivity contribution is 0.660. The number of hydrogen-bond donors (Lipinski definition) is 1. The van der Waals surface area contributed by atoms with Crippen molar-refractivity contribution < 1.29 is 0 Å². The molecule has 0 spiro atoms. The molecular formula is C45H34N2. The fourth-order valence-corrected chi connectivity index (χ4v) is 7.62. The van der Waals surface area contributed by atoms with E-state index in [9.17, 15) is 0 Å². The van der Waals surface area contributed by atoms with E-state index in [2.05, 4.69) is 188 Å². The van der Waals surface area contributed by atoms with E-state index in [1.54, 1.807) is 0 Å². The van der Waals surface area contributed by atoms with E-state index in [4.69, 9.17) is 0 Å². The summed E-state index contributed by atoms with van der Waals surface area (Å²) in [7, 11) is 0. The van der Waals surface area contributed by atoms with Gasteiger partial charge in [0.05, 0.1) is 5.69 Å². The van der Waals surface area contributed by atoms with Crippen LogP contribution in [0, 0.1) is 0 Å². The average molecular weight is 603 g/mol. The van der Waals surface area contributed by atoms with E-state index < -0.39 is 0 Å².